The third-order valence-corrected chi connectivity index (χ3v) is 5.63. The van der Waals surface area contributed by atoms with Gasteiger partial charge in [0.2, 0.25) is 5.88 Å². The molecule has 1 aliphatic heterocycles. The molecule has 6 nitrogen and oxygen atoms in total. The second-order valence-electron chi connectivity index (χ2n) is 7.86. The van der Waals surface area contributed by atoms with Gasteiger partial charge in [-0.25, -0.2) is 23.7 Å². The van der Waals surface area contributed by atoms with Crippen molar-refractivity contribution in [1.82, 2.24) is 19.9 Å². The first-order valence-corrected chi connectivity index (χ1v) is 10.6. The predicted molar refractivity (Wildman–Crippen MR) is 119 cm³/mol. The van der Waals surface area contributed by atoms with Crippen LogP contribution in [0.15, 0.2) is 79.1 Å². The highest BCUT2D eigenvalue weighted by molar-refractivity contribution is 5.95. The van der Waals surface area contributed by atoms with Crippen LogP contribution in [0.4, 0.5) is 8.78 Å². The number of para-hydroxylation sites is 1. The van der Waals surface area contributed by atoms with Crippen molar-refractivity contribution < 1.29 is 18.3 Å². The number of nitrogens with zero attached hydrogens (tertiary/aromatic N) is 4. The number of pyridine rings is 1. The van der Waals surface area contributed by atoms with E-state index in [0.29, 0.717) is 22.5 Å². The fourth-order valence-corrected chi connectivity index (χ4v) is 3.86. The minimum absolute atomic E-state index is 0.0666. The van der Waals surface area contributed by atoms with Crippen molar-refractivity contribution in [3.8, 4) is 17.3 Å². The number of carbonyl (C=O) groups excluding carboxylic acids is 1. The standard InChI is InChI=1S/C25H20F2N4O2/c26-25(27)11-14-31(16-21(25)33-22-10-9-17-5-1-2-8-20(17)30-22)24(32)19-7-3-6-18(15-19)23-28-12-4-13-29-23/h1-10,12-13,15,21H,11,14,16H2. The fourth-order valence-electron chi connectivity index (χ4n) is 3.86. The van der Waals surface area contributed by atoms with Crippen molar-refractivity contribution in [3.63, 3.8) is 0 Å². The van der Waals surface area contributed by atoms with Gasteiger partial charge in [0.25, 0.3) is 11.8 Å². The van der Waals surface area contributed by atoms with E-state index in [1.165, 1.54) is 4.90 Å². The number of halogens is 2. The van der Waals surface area contributed by atoms with Crippen LogP contribution < -0.4 is 4.74 Å². The number of amides is 1. The van der Waals surface area contributed by atoms with Gasteiger partial charge in [-0.2, -0.15) is 0 Å². The minimum atomic E-state index is -3.08. The molecule has 4 aromatic rings. The smallest absolute Gasteiger partial charge is 0.287 e. The number of alkyl halides is 2. The molecule has 1 aliphatic rings. The minimum Gasteiger partial charge on any atom is -0.466 e. The van der Waals surface area contributed by atoms with Crippen LogP contribution in [0.25, 0.3) is 22.3 Å². The number of aromatic nitrogens is 3. The second kappa shape index (κ2) is 8.54. The zero-order valence-corrected chi connectivity index (χ0v) is 17.6. The maximum Gasteiger partial charge on any atom is 0.287 e. The quantitative estimate of drug-likeness (QED) is 0.458. The zero-order valence-electron chi connectivity index (χ0n) is 17.6. The SMILES string of the molecule is O=C(c1cccc(-c2ncccn2)c1)N1CCC(F)(F)C(Oc2ccc3ccccc3n2)C1. The number of rotatable bonds is 4. The van der Waals surface area contributed by atoms with Gasteiger partial charge in [-0.15, -0.1) is 0 Å². The van der Waals surface area contributed by atoms with Gasteiger partial charge in [0.05, 0.1) is 12.1 Å². The van der Waals surface area contributed by atoms with Crippen LogP contribution in [0.3, 0.4) is 0 Å². The van der Waals surface area contributed by atoms with Crippen molar-refractivity contribution in [2.45, 2.75) is 18.4 Å². The summed E-state index contributed by atoms with van der Waals surface area (Å²) in [4.78, 5) is 27.3. The molecule has 0 aliphatic carbocycles. The molecule has 1 fully saturated rings. The molecule has 0 N–H and O–H groups in total. The zero-order chi connectivity index (χ0) is 22.8. The first kappa shape index (κ1) is 20.9. The number of ether oxygens (including phenoxy) is 1. The van der Waals surface area contributed by atoms with E-state index in [9.17, 15) is 13.6 Å². The maximum absolute atomic E-state index is 14.7. The number of hydrogen-bond acceptors (Lipinski definition) is 5. The van der Waals surface area contributed by atoms with Crippen LogP contribution in [0.2, 0.25) is 0 Å². The summed E-state index contributed by atoms with van der Waals surface area (Å²) in [7, 11) is 0. The lowest BCUT2D eigenvalue weighted by Gasteiger charge is -2.38. The third kappa shape index (κ3) is 4.37. The van der Waals surface area contributed by atoms with Crippen LogP contribution in [-0.4, -0.2) is 50.9 Å². The van der Waals surface area contributed by atoms with E-state index in [0.717, 1.165) is 5.39 Å². The Bertz CT molecular complexity index is 1300. The van der Waals surface area contributed by atoms with Gasteiger partial charge in [0.1, 0.15) is 0 Å². The fraction of sp³-hybridized carbons (Fsp3) is 0.200. The van der Waals surface area contributed by atoms with Crippen LogP contribution in [0.1, 0.15) is 16.8 Å². The molecule has 0 saturated carbocycles. The number of carbonyl (C=O) groups is 1. The Morgan fingerprint density at radius 1 is 1.00 bits per heavy atom. The highest BCUT2D eigenvalue weighted by Crippen LogP contribution is 2.32. The molecule has 2 aromatic carbocycles. The molecule has 33 heavy (non-hydrogen) atoms. The van der Waals surface area contributed by atoms with Gasteiger partial charge in [-0.05, 0) is 30.3 Å². The molecule has 8 heteroatoms. The van der Waals surface area contributed by atoms with Gasteiger partial charge in [0, 0.05) is 47.9 Å². The van der Waals surface area contributed by atoms with Gasteiger partial charge in [0.15, 0.2) is 11.9 Å². The summed E-state index contributed by atoms with van der Waals surface area (Å²) >= 11 is 0. The lowest BCUT2D eigenvalue weighted by atomic mass is 10.0. The maximum atomic E-state index is 14.7. The Morgan fingerprint density at radius 2 is 1.82 bits per heavy atom. The molecule has 0 radical (unpaired) electrons. The topological polar surface area (TPSA) is 68.2 Å². The van der Waals surface area contributed by atoms with E-state index in [1.807, 2.05) is 18.2 Å². The van der Waals surface area contributed by atoms with E-state index < -0.39 is 18.4 Å². The van der Waals surface area contributed by atoms with E-state index in [2.05, 4.69) is 15.0 Å². The van der Waals surface area contributed by atoms with Crippen molar-refractivity contribution in [3.05, 3.63) is 84.7 Å². The van der Waals surface area contributed by atoms with E-state index in [-0.39, 0.29) is 24.9 Å². The van der Waals surface area contributed by atoms with E-state index in [4.69, 9.17) is 4.74 Å². The summed E-state index contributed by atoms with van der Waals surface area (Å²) in [5.74, 6) is -2.83. The number of piperidine rings is 1. The molecule has 1 atom stereocenters. The molecule has 1 unspecified atom stereocenters. The molecule has 1 saturated heterocycles. The molecule has 5 rings (SSSR count). The molecule has 166 valence electrons. The van der Waals surface area contributed by atoms with Crippen LogP contribution in [-0.2, 0) is 0 Å². The summed E-state index contributed by atoms with van der Waals surface area (Å²) in [6, 6.07) is 19.3. The first-order valence-electron chi connectivity index (χ1n) is 10.6. The number of hydrogen-bond donors (Lipinski definition) is 0. The van der Waals surface area contributed by atoms with E-state index in [1.54, 1.807) is 60.9 Å². The van der Waals surface area contributed by atoms with Crippen LogP contribution in [0.5, 0.6) is 5.88 Å². The Labute approximate surface area is 188 Å². The summed E-state index contributed by atoms with van der Waals surface area (Å²) in [6.07, 6.45) is 1.25. The Balaban J connectivity index is 1.36. The number of likely N-dealkylation sites (tertiary alicyclic amines) is 1. The van der Waals surface area contributed by atoms with Crippen molar-refractivity contribution >= 4 is 16.8 Å². The van der Waals surface area contributed by atoms with Crippen molar-refractivity contribution in [2.75, 3.05) is 13.1 Å². The lowest BCUT2D eigenvalue weighted by molar-refractivity contribution is -0.131. The second-order valence-corrected chi connectivity index (χ2v) is 7.86. The van der Waals surface area contributed by atoms with Gasteiger partial charge in [-0.1, -0.05) is 30.3 Å². The summed E-state index contributed by atoms with van der Waals surface area (Å²) in [5, 5.41) is 0.888. The lowest BCUT2D eigenvalue weighted by Crippen LogP contribution is -2.55. The average Bonchev–Trinajstić information content (AvgIpc) is 2.85. The Kier molecular flexibility index (Phi) is 5.42. The third-order valence-electron chi connectivity index (χ3n) is 5.63. The largest absolute Gasteiger partial charge is 0.466 e. The van der Waals surface area contributed by atoms with Gasteiger partial charge in [-0.3, -0.25) is 4.79 Å². The van der Waals surface area contributed by atoms with Crippen molar-refractivity contribution in [1.29, 1.82) is 0 Å². The molecule has 3 heterocycles. The molecular weight excluding hydrogens is 426 g/mol. The van der Waals surface area contributed by atoms with Gasteiger partial charge < -0.3 is 9.64 Å². The summed E-state index contributed by atoms with van der Waals surface area (Å²) in [5.41, 5.74) is 1.71. The monoisotopic (exact) mass is 446 g/mol. The van der Waals surface area contributed by atoms with Crippen LogP contribution in [0, 0.1) is 0 Å². The summed E-state index contributed by atoms with van der Waals surface area (Å²) in [6.45, 7) is -0.310. The van der Waals surface area contributed by atoms with Crippen molar-refractivity contribution in [2.24, 2.45) is 0 Å². The average molecular weight is 446 g/mol. The highest BCUT2D eigenvalue weighted by atomic mass is 19.3. The molecular formula is C25H20F2N4O2. The molecule has 0 bridgehead atoms. The summed E-state index contributed by atoms with van der Waals surface area (Å²) < 4.78 is 35.0. The number of benzene rings is 2. The van der Waals surface area contributed by atoms with Crippen LogP contribution >= 0.6 is 0 Å². The van der Waals surface area contributed by atoms with E-state index >= 15 is 0 Å². The number of fused-ring (bicyclic) bond motifs is 1. The molecule has 2 aromatic heterocycles. The molecule has 1 amide bonds. The predicted octanol–water partition coefficient (Wildman–Crippen LogP) is 4.62. The highest BCUT2D eigenvalue weighted by Gasteiger charge is 2.47. The first-order chi connectivity index (χ1) is 16.0. The normalized spacial score (nSPS) is 17.6. The Morgan fingerprint density at radius 3 is 2.67 bits per heavy atom. The molecule has 0 spiro atoms. The Hall–Kier alpha value is -3.94. The van der Waals surface area contributed by atoms with Gasteiger partial charge >= 0.3 is 0 Å².